The molecule has 1 aromatic heterocycles. The maximum Gasteiger partial charge on any atom is 0.253 e. The van der Waals surface area contributed by atoms with Crippen molar-refractivity contribution in [3.8, 4) is 5.75 Å². The second-order valence-electron chi connectivity index (χ2n) is 5.84. The Morgan fingerprint density at radius 1 is 1.38 bits per heavy atom. The minimum atomic E-state index is -3.79. The fourth-order valence-corrected chi connectivity index (χ4v) is 6.08. The number of rotatable bonds is 5. The molecular weight excluding hydrogens is 403 g/mol. The minimum absolute atomic E-state index is 0.0330. The highest BCUT2D eigenvalue weighted by Crippen LogP contribution is 2.32. The van der Waals surface area contributed by atoms with Gasteiger partial charge in [0.15, 0.2) is 11.6 Å². The maximum absolute atomic E-state index is 13.4. The van der Waals surface area contributed by atoms with Crippen LogP contribution in [0.4, 0.5) is 4.39 Å². The fourth-order valence-electron chi connectivity index (χ4n) is 2.81. The van der Waals surface area contributed by atoms with Crippen LogP contribution in [-0.2, 0) is 21.4 Å². The largest absolute Gasteiger partial charge is 0.505 e. The number of nitrogens with zero attached hydrogens (tertiary/aromatic N) is 1. The summed E-state index contributed by atoms with van der Waals surface area (Å²) in [6.07, 6.45) is 0.984. The highest BCUT2D eigenvalue weighted by atomic mass is 35.5. The number of phenols is 1. The van der Waals surface area contributed by atoms with Gasteiger partial charge < -0.3 is 10.4 Å². The van der Waals surface area contributed by atoms with Gasteiger partial charge in [-0.15, -0.1) is 11.3 Å². The van der Waals surface area contributed by atoms with Crippen LogP contribution in [0.3, 0.4) is 0 Å². The lowest BCUT2D eigenvalue weighted by atomic mass is 10.2. The topological polar surface area (TPSA) is 86.7 Å². The van der Waals surface area contributed by atoms with Crippen LogP contribution in [-0.4, -0.2) is 36.3 Å². The molecule has 0 aliphatic carbocycles. The Kier molecular flexibility index (Phi) is 5.52. The van der Waals surface area contributed by atoms with Crippen molar-refractivity contribution in [2.24, 2.45) is 0 Å². The van der Waals surface area contributed by atoms with Crippen LogP contribution >= 0.6 is 22.9 Å². The van der Waals surface area contributed by atoms with E-state index in [1.165, 1.54) is 28.6 Å². The number of amides is 1. The van der Waals surface area contributed by atoms with Crippen LogP contribution < -0.4 is 5.32 Å². The van der Waals surface area contributed by atoms with E-state index in [0.717, 1.165) is 17.4 Å². The summed E-state index contributed by atoms with van der Waals surface area (Å²) in [4.78, 5) is 12.5. The number of sulfonamides is 1. The highest BCUT2D eigenvalue weighted by Gasteiger charge is 2.39. The van der Waals surface area contributed by atoms with Gasteiger partial charge in [0.1, 0.15) is 10.3 Å². The van der Waals surface area contributed by atoms with E-state index in [0.29, 0.717) is 22.7 Å². The third-order valence-corrected chi connectivity index (χ3v) is 7.70. The van der Waals surface area contributed by atoms with Gasteiger partial charge in [-0.3, -0.25) is 4.79 Å². The maximum atomic E-state index is 13.4. The number of hydrogen-bond acceptors (Lipinski definition) is 5. The number of carbonyl (C=O) groups excluding carboxylic acids is 1. The van der Waals surface area contributed by atoms with Crippen LogP contribution in [0.1, 0.15) is 18.4 Å². The van der Waals surface area contributed by atoms with Gasteiger partial charge in [0.25, 0.3) is 10.0 Å². The third kappa shape index (κ3) is 3.85. The molecule has 1 aromatic carbocycles. The molecule has 140 valence electrons. The van der Waals surface area contributed by atoms with Gasteiger partial charge in [-0.25, -0.2) is 12.8 Å². The minimum Gasteiger partial charge on any atom is -0.505 e. The van der Waals surface area contributed by atoms with E-state index in [1.807, 2.05) is 0 Å². The summed E-state index contributed by atoms with van der Waals surface area (Å²) >= 11 is 6.77. The van der Waals surface area contributed by atoms with Crippen molar-refractivity contribution < 1.29 is 22.7 Å². The molecule has 2 N–H and O–H groups in total. The Morgan fingerprint density at radius 3 is 2.81 bits per heavy atom. The fraction of sp³-hybridized carbons (Fsp3) is 0.312. The monoisotopic (exact) mass is 418 g/mol. The van der Waals surface area contributed by atoms with Crippen LogP contribution in [0, 0.1) is 5.82 Å². The Morgan fingerprint density at radius 2 is 2.15 bits per heavy atom. The Hall–Kier alpha value is -1.68. The lowest BCUT2D eigenvalue weighted by Gasteiger charge is -2.22. The van der Waals surface area contributed by atoms with E-state index in [1.54, 1.807) is 0 Å². The van der Waals surface area contributed by atoms with Gasteiger partial charge in [-0.1, -0.05) is 17.7 Å². The van der Waals surface area contributed by atoms with Gasteiger partial charge in [0.2, 0.25) is 5.91 Å². The van der Waals surface area contributed by atoms with Crippen LogP contribution in [0.25, 0.3) is 0 Å². The molecule has 2 aromatic rings. The molecule has 0 radical (unpaired) electrons. The Bertz CT molecular complexity index is 932. The predicted molar refractivity (Wildman–Crippen MR) is 96.2 cm³/mol. The third-order valence-electron chi connectivity index (χ3n) is 4.10. The van der Waals surface area contributed by atoms with E-state index in [-0.39, 0.29) is 17.3 Å². The van der Waals surface area contributed by atoms with Crippen molar-refractivity contribution in [2.75, 3.05) is 6.54 Å². The number of carbonyl (C=O) groups is 1. The van der Waals surface area contributed by atoms with E-state index in [4.69, 9.17) is 11.6 Å². The molecule has 1 amide bonds. The molecule has 0 spiro atoms. The first-order valence-electron chi connectivity index (χ1n) is 7.81. The first-order chi connectivity index (χ1) is 12.3. The van der Waals surface area contributed by atoms with Crippen molar-refractivity contribution in [1.82, 2.24) is 9.62 Å². The molecule has 0 saturated carbocycles. The van der Waals surface area contributed by atoms with E-state index in [9.17, 15) is 22.7 Å². The zero-order valence-corrected chi connectivity index (χ0v) is 15.9. The normalized spacial score (nSPS) is 18.2. The van der Waals surface area contributed by atoms with E-state index in [2.05, 4.69) is 5.32 Å². The first kappa shape index (κ1) is 19.1. The Balaban J connectivity index is 1.71. The number of nitrogens with one attached hydrogen (secondary N) is 1. The number of benzene rings is 1. The van der Waals surface area contributed by atoms with Gasteiger partial charge in [-0.05, 0) is 42.7 Å². The van der Waals surface area contributed by atoms with Crippen molar-refractivity contribution in [1.29, 1.82) is 0 Å². The molecular formula is C16H16ClFN2O4S2. The second kappa shape index (κ2) is 7.51. The van der Waals surface area contributed by atoms with Crippen molar-refractivity contribution in [2.45, 2.75) is 29.6 Å². The van der Waals surface area contributed by atoms with Crippen LogP contribution in [0.5, 0.6) is 5.75 Å². The van der Waals surface area contributed by atoms with Crippen LogP contribution in [0.2, 0.25) is 4.34 Å². The van der Waals surface area contributed by atoms with Gasteiger partial charge >= 0.3 is 0 Å². The summed E-state index contributed by atoms with van der Waals surface area (Å²) in [5.74, 6) is -1.69. The summed E-state index contributed by atoms with van der Waals surface area (Å²) in [5, 5.41) is 11.8. The molecule has 0 bridgehead atoms. The zero-order valence-electron chi connectivity index (χ0n) is 13.5. The SMILES string of the molecule is O=C(NCc1ccc(O)c(F)c1)[C@@H]1CCCN1S(=O)(=O)c1ccc(Cl)s1. The first-order valence-corrected chi connectivity index (χ1v) is 10.4. The molecule has 1 atom stereocenters. The molecule has 1 aliphatic heterocycles. The molecule has 6 nitrogen and oxygen atoms in total. The second-order valence-corrected chi connectivity index (χ2v) is 9.67. The van der Waals surface area contributed by atoms with Crippen molar-refractivity contribution in [3.05, 3.63) is 46.0 Å². The van der Waals surface area contributed by atoms with Crippen molar-refractivity contribution in [3.63, 3.8) is 0 Å². The summed E-state index contributed by atoms with van der Waals surface area (Å²) in [6, 6.07) is 5.91. The van der Waals surface area contributed by atoms with Gasteiger partial charge in [-0.2, -0.15) is 4.31 Å². The van der Waals surface area contributed by atoms with Gasteiger partial charge in [0.05, 0.1) is 4.34 Å². The molecule has 1 saturated heterocycles. The quantitative estimate of drug-likeness (QED) is 0.781. The number of thiophene rings is 1. The summed E-state index contributed by atoms with van der Waals surface area (Å²) in [5.41, 5.74) is 0.464. The standard InChI is InChI=1S/C16H16ClFN2O4S2/c17-14-5-6-15(25-14)26(23,24)20-7-1-2-12(20)16(22)19-9-10-3-4-13(21)11(18)8-10/h3-6,8,12,21H,1-2,7,9H2,(H,19,22)/t12-/m0/s1. The number of phenolic OH excluding ortho intramolecular Hbond substituents is 1. The van der Waals surface area contributed by atoms with E-state index >= 15 is 0 Å². The molecule has 1 fully saturated rings. The molecule has 2 heterocycles. The molecule has 0 unspecified atom stereocenters. The molecule has 26 heavy (non-hydrogen) atoms. The predicted octanol–water partition coefficient (Wildman–Crippen LogP) is 2.72. The van der Waals surface area contributed by atoms with Gasteiger partial charge in [0, 0.05) is 13.1 Å². The highest BCUT2D eigenvalue weighted by molar-refractivity contribution is 7.91. The zero-order chi connectivity index (χ0) is 18.9. The lowest BCUT2D eigenvalue weighted by molar-refractivity contribution is -0.124. The Labute approximate surface area is 159 Å². The number of aromatic hydroxyl groups is 1. The molecule has 3 rings (SSSR count). The summed E-state index contributed by atoms with van der Waals surface area (Å²) < 4.78 is 40.5. The smallest absolute Gasteiger partial charge is 0.253 e. The number of hydrogen-bond donors (Lipinski definition) is 2. The average molecular weight is 419 g/mol. The van der Waals surface area contributed by atoms with Crippen molar-refractivity contribution >= 4 is 38.9 Å². The molecule has 1 aliphatic rings. The molecule has 10 heteroatoms. The number of halogens is 2. The van der Waals surface area contributed by atoms with Crippen LogP contribution in [0.15, 0.2) is 34.5 Å². The van der Waals surface area contributed by atoms with E-state index < -0.39 is 33.5 Å². The summed E-state index contributed by atoms with van der Waals surface area (Å²) in [6.45, 7) is 0.287. The summed E-state index contributed by atoms with van der Waals surface area (Å²) in [7, 11) is -3.79. The lowest BCUT2D eigenvalue weighted by Crippen LogP contribution is -2.45. The average Bonchev–Trinajstić information content (AvgIpc) is 3.25.